The monoisotopic (exact) mass is 225 g/mol. The van der Waals surface area contributed by atoms with Crippen LogP contribution in [0.2, 0.25) is 0 Å². The van der Waals surface area contributed by atoms with E-state index in [9.17, 15) is 0 Å². The van der Waals surface area contributed by atoms with Crippen LogP contribution < -0.4 is 5.73 Å². The van der Waals surface area contributed by atoms with Gasteiger partial charge in [0, 0.05) is 19.7 Å². The first-order valence-electron chi connectivity index (χ1n) is 6.42. The van der Waals surface area contributed by atoms with Crippen molar-refractivity contribution in [2.24, 2.45) is 16.6 Å². The molecule has 0 amide bonds. The lowest BCUT2D eigenvalue weighted by Crippen LogP contribution is -2.43. The zero-order valence-electron chi connectivity index (χ0n) is 10.2. The van der Waals surface area contributed by atoms with Crippen LogP contribution in [0.15, 0.2) is 4.99 Å². The molecule has 4 heteroatoms. The Balaban J connectivity index is 1.80. The summed E-state index contributed by atoms with van der Waals surface area (Å²) in [4.78, 5) is 6.67. The molecule has 4 nitrogen and oxygen atoms in total. The van der Waals surface area contributed by atoms with Gasteiger partial charge in [0.2, 0.25) is 0 Å². The van der Waals surface area contributed by atoms with Crippen molar-refractivity contribution in [1.29, 1.82) is 0 Å². The molecule has 0 aromatic heterocycles. The van der Waals surface area contributed by atoms with E-state index in [1.165, 1.54) is 19.3 Å². The number of hydrogen-bond donors (Lipinski definition) is 1. The Kier molecular flexibility index (Phi) is 4.04. The molecule has 16 heavy (non-hydrogen) atoms. The number of nitrogens with two attached hydrogens (primary N) is 1. The maximum absolute atomic E-state index is 6.01. The fraction of sp³-hybridized carbons (Fsp3) is 0.917. The molecule has 2 fully saturated rings. The summed E-state index contributed by atoms with van der Waals surface area (Å²) >= 11 is 0. The highest BCUT2D eigenvalue weighted by Gasteiger charge is 2.19. The first kappa shape index (κ1) is 11.7. The Bertz CT molecular complexity index is 249. The van der Waals surface area contributed by atoms with Crippen molar-refractivity contribution in [3.8, 4) is 0 Å². The molecule has 2 unspecified atom stereocenters. The van der Waals surface area contributed by atoms with Gasteiger partial charge in [0.05, 0.1) is 12.6 Å². The van der Waals surface area contributed by atoms with E-state index in [1.807, 2.05) is 0 Å². The molecule has 2 N–H and O–H groups in total. The molecule has 2 aliphatic heterocycles. The number of hydrogen-bond acceptors (Lipinski definition) is 2. The molecular weight excluding hydrogens is 202 g/mol. The van der Waals surface area contributed by atoms with Gasteiger partial charge in [-0.2, -0.15) is 0 Å². The fourth-order valence-electron chi connectivity index (χ4n) is 2.48. The standard InChI is InChI=1S/C12H23N3O/c1-10-4-2-6-15(9-10)12(13)14-8-11-5-3-7-16-11/h10-11H,2-9H2,1H3,(H2,13,14). The highest BCUT2D eigenvalue weighted by molar-refractivity contribution is 5.78. The summed E-state index contributed by atoms with van der Waals surface area (Å²) in [7, 11) is 0. The van der Waals surface area contributed by atoms with Crippen LogP contribution in [-0.2, 0) is 4.74 Å². The molecule has 0 spiro atoms. The highest BCUT2D eigenvalue weighted by atomic mass is 16.5. The molecule has 0 bridgehead atoms. The van der Waals surface area contributed by atoms with Gasteiger partial charge in [-0.1, -0.05) is 6.92 Å². The van der Waals surface area contributed by atoms with E-state index in [0.29, 0.717) is 12.1 Å². The van der Waals surface area contributed by atoms with Gasteiger partial charge < -0.3 is 15.4 Å². The van der Waals surface area contributed by atoms with Crippen molar-refractivity contribution in [2.45, 2.75) is 38.7 Å². The molecule has 0 aliphatic carbocycles. The van der Waals surface area contributed by atoms with Crippen molar-refractivity contribution in [3.05, 3.63) is 0 Å². The number of aliphatic imine (C=N–C) groups is 1. The van der Waals surface area contributed by atoms with E-state index in [2.05, 4.69) is 16.8 Å². The van der Waals surface area contributed by atoms with E-state index >= 15 is 0 Å². The Labute approximate surface area is 97.9 Å². The van der Waals surface area contributed by atoms with Crippen molar-refractivity contribution in [2.75, 3.05) is 26.2 Å². The second-order valence-corrected chi connectivity index (χ2v) is 5.03. The first-order chi connectivity index (χ1) is 7.75. The smallest absolute Gasteiger partial charge is 0.191 e. The van der Waals surface area contributed by atoms with Crippen molar-refractivity contribution in [1.82, 2.24) is 4.90 Å². The number of ether oxygens (including phenoxy) is 1. The number of rotatable bonds is 2. The molecule has 2 heterocycles. The predicted octanol–water partition coefficient (Wildman–Crippen LogP) is 1.21. The Morgan fingerprint density at radius 1 is 1.44 bits per heavy atom. The molecule has 2 atom stereocenters. The summed E-state index contributed by atoms with van der Waals surface area (Å²) in [5, 5.41) is 0. The van der Waals surface area contributed by atoms with Gasteiger partial charge in [0.25, 0.3) is 0 Å². The van der Waals surface area contributed by atoms with E-state index in [4.69, 9.17) is 10.5 Å². The summed E-state index contributed by atoms with van der Waals surface area (Å²) in [6, 6.07) is 0. The number of likely N-dealkylation sites (tertiary alicyclic amines) is 1. The van der Waals surface area contributed by atoms with Gasteiger partial charge in [-0.3, -0.25) is 4.99 Å². The fourth-order valence-corrected chi connectivity index (χ4v) is 2.48. The van der Waals surface area contributed by atoms with Gasteiger partial charge in [0.1, 0.15) is 0 Å². The summed E-state index contributed by atoms with van der Waals surface area (Å²) in [5.41, 5.74) is 6.01. The highest BCUT2D eigenvalue weighted by Crippen LogP contribution is 2.15. The summed E-state index contributed by atoms with van der Waals surface area (Å²) < 4.78 is 5.53. The average molecular weight is 225 g/mol. The zero-order valence-corrected chi connectivity index (χ0v) is 10.2. The Morgan fingerprint density at radius 2 is 2.31 bits per heavy atom. The SMILES string of the molecule is CC1CCCN(C(N)=NCC2CCCO2)C1. The third kappa shape index (κ3) is 3.11. The zero-order chi connectivity index (χ0) is 11.4. The first-order valence-corrected chi connectivity index (χ1v) is 6.42. The second kappa shape index (κ2) is 5.53. The van der Waals surface area contributed by atoms with Crippen LogP contribution in [0.3, 0.4) is 0 Å². The van der Waals surface area contributed by atoms with E-state index in [0.717, 1.165) is 38.6 Å². The summed E-state index contributed by atoms with van der Waals surface area (Å²) in [5.74, 6) is 1.45. The minimum absolute atomic E-state index is 0.306. The molecule has 0 saturated carbocycles. The lowest BCUT2D eigenvalue weighted by molar-refractivity contribution is 0.117. The second-order valence-electron chi connectivity index (χ2n) is 5.03. The molecule has 0 radical (unpaired) electrons. The van der Waals surface area contributed by atoms with E-state index in [-0.39, 0.29) is 0 Å². The molecule has 0 aromatic carbocycles. The lowest BCUT2D eigenvalue weighted by Gasteiger charge is -2.31. The van der Waals surface area contributed by atoms with E-state index < -0.39 is 0 Å². The van der Waals surface area contributed by atoms with Crippen molar-refractivity contribution in [3.63, 3.8) is 0 Å². The third-order valence-electron chi connectivity index (χ3n) is 3.46. The van der Waals surface area contributed by atoms with Gasteiger partial charge in [0.15, 0.2) is 5.96 Å². The topological polar surface area (TPSA) is 50.8 Å². The average Bonchev–Trinajstić information content (AvgIpc) is 2.78. The third-order valence-corrected chi connectivity index (χ3v) is 3.46. The molecular formula is C12H23N3O. The van der Waals surface area contributed by atoms with Gasteiger partial charge in [-0.05, 0) is 31.6 Å². The molecule has 2 aliphatic rings. The van der Waals surface area contributed by atoms with Crippen LogP contribution in [0, 0.1) is 5.92 Å². The minimum atomic E-state index is 0.306. The van der Waals surface area contributed by atoms with E-state index in [1.54, 1.807) is 0 Å². The largest absolute Gasteiger partial charge is 0.376 e. The maximum atomic E-state index is 6.01. The quantitative estimate of drug-likeness (QED) is 0.568. The lowest BCUT2D eigenvalue weighted by atomic mass is 10.0. The van der Waals surface area contributed by atoms with Gasteiger partial charge in [-0.25, -0.2) is 0 Å². The van der Waals surface area contributed by atoms with Crippen LogP contribution in [0.4, 0.5) is 0 Å². The van der Waals surface area contributed by atoms with Crippen LogP contribution in [0.25, 0.3) is 0 Å². The van der Waals surface area contributed by atoms with Crippen molar-refractivity contribution < 1.29 is 4.74 Å². The maximum Gasteiger partial charge on any atom is 0.191 e. The van der Waals surface area contributed by atoms with Gasteiger partial charge in [-0.15, -0.1) is 0 Å². The van der Waals surface area contributed by atoms with Gasteiger partial charge >= 0.3 is 0 Å². The number of guanidine groups is 1. The molecule has 0 aromatic rings. The molecule has 2 rings (SSSR count). The predicted molar refractivity (Wildman–Crippen MR) is 65.4 cm³/mol. The van der Waals surface area contributed by atoms with Crippen molar-refractivity contribution >= 4 is 5.96 Å². The summed E-state index contributed by atoms with van der Waals surface area (Å²) in [6.07, 6.45) is 5.15. The summed E-state index contributed by atoms with van der Waals surface area (Å²) in [6.45, 7) is 6.02. The molecule has 92 valence electrons. The molecule has 2 saturated heterocycles. The Morgan fingerprint density at radius 3 is 3.00 bits per heavy atom. The number of nitrogens with zero attached hydrogens (tertiary/aromatic N) is 2. The Hall–Kier alpha value is -0.770. The van der Waals surface area contributed by atoms with Crippen LogP contribution >= 0.6 is 0 Å². The number of piperidine rings is 1. The minimum Gasteiger partial charge on any atom is -0.376 e. The van der Waals surface area contributed by atoms with Crippen LogP contribution in [-0.4, -0.2) is 43.2 Å². The van der Waals surface area contributed by atoms with Crippen LogP contribution in [0.5, 0.6) is 0 Å². The normalized spacial score (nSPS) is 32.1. The van der Waals surface area contributed by atoms with Crippen LogP contribution in [0.1, 0.15) is 32.6 Å².